The molecule has 0 rings (SSSR count). The molecule has 0 N–H and O–H groups in total. The van der Waals surface area contributed by atoms with Gasteiger partial charge in [-0.3, -0.25) is 0 Å². The number of hydrogen-bond donors (Lipinski definition) is 0. The van der Waals surface area contributed by atoms with Crippen LogP contribution in [0.5, 0.6) is 0 Å². The molecular formula is C10H20N2O. The minimum absolute atomic E-state index is 0.134. The molecule has 0 aromatic carbocycles. The molecular weight excluding hydrogens is 164 g/mol. The van der Waals surface area contributed by atoms with Gasteiger partial charge in [0.2, 0.25) is 0 Å². The molecule has 3 nitrogen and oxygen atoms in total. The van der Waals surface area contributed by atoms with E-state index in [1.165, 1.54) is 0 Å². The molecule has 0 saturated carbocycles. The maximum atomic E-state index is 5.13. The molecule has 0 saturated heterocycles. The number of hydrogen-bond acceptors (Lipinski definition) is 3. The molecule has 0 atom stereocenters. The Morgan fingerprint density at radius 3 is 2.54 bits per heavy atom. The van der Waals surface area contributed by atoms with Crippen LogP contribution in [0.15, 0.2) is 17.8 Å². The predicted octanol–water partition coefficient (Wildman–Crippen LogP) is 1.91. The van der Waals surface area contributed by atoms with Crippen LogP contribution in [-0.4, -0.2) is 37.4 Å². The number of rotatable bonds is 6. The van der Waals surface area contributed by atoms with E-state index in [4.69, 9.17) is 4.84 Å². The van der Waals surface area contributed by atoms with Crippen LogP contribution >= 0.6 is 0 Å². The smallest absolute Gasteiger partial charge is 0.122 e. The van der Waals surface area contributed by atoms with Crippen molar-refractivity contribution < 1.29 is 4.84 Å². The number of oxime groups is 1. The van der Waals surface area contributed by atoms with Crippen molar-refractivity contribution in [2.24, 2.45) is 5.16 Å². The van der Waals surface area contributed by atoms with Crippen LogP contribution < -0.4 is 0 Å². The molecule has 0 heterocycles. The van der Waals surface area contributed by atoms with Crippen molar-refractivity contribution in [2.45, 2.75) is 26.4 Å². The molecule has 0 aliphatic carbocycles. The van der Waals surface area contributed by atoms with Crippen molar-refractivity contribution in [1.82, 2.24) is 4.90 Å². The highest BCUT2D eigenvalue weighted by atomic mass is 16.6. The van der Waals surface area contributed by atoms with Gasteiger partial charge < -0.3 is 9.74 Å². The van der Waals surface area contributed by atoms with Crippen LogP contribution in [0, 0.1) is 0 Å². The fourth-order valence-corrected chi connectivity index (χ4v) is 0.696. The first kappa shape index (κ1) is 12.2. The lowest BCUT2D eigenvalue weighted by Crippen LogP contribution is -2.16. The predicted molar refractivity (Wildman–Crippen MR) is 57.0 cm³/mol. The summed E-state index contributed by atoms with van der Waals surface area (Å²) in [6.45, 7) is 8.56. The minimum Gasteiger partial charge on any atom is -0.393 e. The zero-order valence-electron chi connectivity index (χ0n) is 9.08. The maximum absolute atomic E-state index is 5.13. The fraction of sp³-hybridized carbons (Fsp3) is 0.700. The van der Waals surface area contributed by atoms with E-state index in [0.717, 1.165) is 18.7 Å². The SMILES string of the molecule is C=C/C(CCN(C)C)=N/OC(C)C. The molecule has 0 spiro atoms. The lowest BCUT2D eigenvalue weighted by molar-refractivity contribution is 0.0856. The highest BCUT2D eigenvalue weighted by molar-refractivity contribution is 5.94. The molecule has 0 bridgehead atoms. The second-order valence-electron chi connectivity index (χ2n) is 3.49. The summed E-state index contributed by atoms with van der Waals surface area (Å²) in [5, 5.41) is 3.99. The summed E-state index contributed by atoms with van der Waals surface area (Å²) in [4.78, 5) is 7.23. The summed E-state index contributed by atoms with van der Waals surface area (Å²) >= 11 is 0. The topological polar surface area (TPSA) is 24.8 Å². The lowest BCUT2D eigenvalue weighted by atomic mass is 10.2. The van der Waals surface area contributed by atoms with Gasteiger partial charge in [0.25, 0.3) is 0 Å². The first-order chi connectivity index (χ1) is 6.06. The first-order valence-corrected chi connectivity index (χ1v) is 4.56. The standard InChI is InChI=1S/C10H20N2O/c1-6-10(7-8-12(4)5)11-13-9(2)3/h6,9H,1,7-8H2,2-5H3/b11-10-. The van der Waals surface area contributed by atoms with Crippen molar-refractivity contribution in [1.29, 1.82) is 0 Å². The lowest BCUT2D eigenvalue weighted by Gasteiger charge is -2.09. The zero-order valence-corrected chi connectivity index (χ0v) is 9.08. The fourth-order valence-electron chi connectivity index (χ4n) is 0.696. The van der Waals surface area contributed by atoms with E-state index in [0.29, 0.717) is 0 Å². The van der Waals surface area contributed by atoms with E-state index < -0.39 is 0 Å². The normalized spacial score (nSPS) is 12.3. The van der Waals surface area contributed by atoms with E-state index in [9.17, 15) is 0 Å². The Kier molecular flexibility index (Phi) is 6.24. The molecule has 13 heavy (non-hydrogen) atoms. The monoisotopic (exact) mass is 184 g/mol. The van der Waals surface area contributed by atoms with E-state index in [-0.39, 0.29) is 6.10 Å². The van der Waals surface area contributed by atoms with Gasteiger partial charge in [0, 0.05) is 13.0 Å². The van der Waals surface area contributed by atoms with Crippen molar-refractivity contribution in [3.63, 3.8) is 0 Å². The minimum atomic E-state index is 0.134. The largest absolute Gasteiger partial charge is 0.393 e. The summed E-state index contributed by atoms with van der Waals surface area (Å²) in [6, 6.07) is 0. The summed E-state index contributed by atoms with van der Waals surface area (Å²) in [7, 11) is 4.06. The molecule has 0 radical (unpaired) electrons. The van der Waals surface area contributed by atoms with Gasteiger partial charge in [0.1, 0.15) is 6.10 Å². The van der Waals surface area contributed by atoms with E-state index in [1.807, 2.05) is 27.9 Å². The highest BCUT2D eigenvalue weighted by Gasteiger charge is 1.97. The van der Waals surface area contributed by atoms with Crippen LogP contribution in [0.3, 0.4) is 0 Å². The second-order valence-corrected chi connectivity index (χ2v) is 3.49. The van der Waals surface area contributed by atoms with Crippen LogP contribution in [-0.2, 0) is 4.84 Å². The highest BCUT2D eigenvalue weighted by Crippen LogP contribution is 1.95. The van der Waals surface area contributed by atoms with Crippen molar-refractivity contribution in [2.75, 3.05) is 20.6 Å². The van der Waals surface area contributed by atoms with Gasteiger partial charge in [0.05, 0.1) is 5.71 Å². The number of nitrogens with zero attached hydrogens (tertiary/aromatic N) is 2. The summed E-state index contributed by atoms with van der Waals surface area (Å²) in [5.74, 6) is 0. The Hall–Kier alpha value is -0.830. The molecule has 0 amide bonds. The molecule has 3 heteroatoms. The van der Waals surface area contributed by atoms with Crippen LogP contribution in [0.2, 0.25) is 0 Å². The van der Waals surface area contributed by atoms with Gasteiger partial charge in [-0.2, -0.15) is 0 Å². The molecule has 0 aromatic heterocycles. The average Bonchev–Trinajstić information content (AvgIpc) is 2.04. The molecule has 0 fully saturated rings. The van der Waals surface area contributed by atoms with Gasteiger partial charge in [-0.15, -0.1) is 0 Å². The Morgan fingerprint density at radius 2 is 2.15 bits per heavy atom. The molecule has 0 aliphatic rings. The third-order valence-corrected chi connectivity index (χ3v) is 1.43. The van der Waals surface area contributed by atoms with E-state index >= 15 is 0 Å². The van der Waals surface area contributed by atoms with Crippen molar-refractivity contribution in [3.8, 4) is 0 Å². The third kappa shape index (κ3) is 7.53. The molecule has 0 unspecified atom stereocenters. The van der Waals surface area contributed by atoms with Crippen LogP contribution in [0.25, 0.3) is 0 Å². The number of allylic oxidation sites excluding steroid dienone is 1. The first-order valence-electron chi connectivity index (χ1n) is 4.56. The average molecular weight is 184 g/mol. The zero-order chi connectivity index (χ0) is 10.3. The third-order valence-electron chi connectivity index (χ3n) is 1.43. The Bertz CT molecular complexity index is 174. The summed E-state index contributed by atoms with van der Waals surface area (Å²) < 4.78 is 0. The van der Waals surface area contributed by atoms with Gasteiger partial charge in [-0.25, -0.2) is 0 Å². The van der Waals surface area contributed by atoms with Gasteiger partial charge in [-0.1, -0.05) is 11.7 Å². The van der Waals surface area contributed by atoms with E-state index in [1.54, 1.807) is 6.08 Å². The van der Waals surface area contributed by atoms with Crippen molar-refractivity contribution >= 4 is 5.71 Å². The maximum Gasteiger partial charge on any atom is 0.122 e. The summed E-state index contributed by atoms with van der Waals surface area (Å²) in [6.07, 6.45) is 2.75. The van der Waals surface area contributed by atoms with E-state index in [2.05, 4.69) is 16.6 Å². The van der Waals surface area contributed by atoms with Crippen LogP contribution in [0.4, 0.5) is 0 Å². The summed E-state index contributed by atoms with van der Waals surface area (Å²) in [5.41, 5.74) is 0.905. The Balaban J connectivity index is 3.87. The Morgan fingerprint density at radius 1 is 1.54 bits per heavy atom. The second kappa shape index (κ2) is 6.66. The molecule has 0 aliphatic heterocycles. The van der Waals surface area contributed by atoms with Gasteiger partial charge in [0.15, 0.2) is 0 Å². The quantitative estimate of drug-likeness (QED) is 0.465. The van der Waals surface area contributed by atoms with Crippen LogP contribution in [0.1, 0.15) is 20.3 Å². The van der Waals surface area contributed by atoms with Gasteiger partial charge >= 0.3 is 0 Å². The van der Waals surface area contributed by atoms with Crippen molar-refractivity contribution in [3.05, 3.63) is 12.7 Å². The molecule has 0 aromatic rings. The Labute approximate surface area is 81.1 Å². The van der Waals surface area contributed by atoms with Gasteiger partial charge in [-0.05, 0) is 34.0 Å². The molecule has 76 valence electrons.